The molecule has 0 heterocycles. The van der Waals surface area contributed by atoms with Crippen molar-refractivity contribution in [3.05, 3.63) is 11.1 Å². The summed E-state index contributed by atoms with van der Waals surface area (Å²) in [4.78, 5) is 40.7. The molecular weight excluding hydrogens is 456 g/mol. The predicted octanol–water partition coefficient (Wildman–Crippen LogP) is 4.18. The lowest BCUT2D eigenvalue weighted by Gasteiger charge is -2.59. The van der Waals surface area contributed by atoms with E-state index in [2.05, 4.69) is 27.7 Å². The summed E-state index contributed by atoms with van der Waals surface area (Å²) < 4.78 is 0. The van der Waals surface area contributed by atoms with E-state index in [4.69, 9.17) is 0 Å². The predicted molar refractivity (Wildman–Crippen MR) is 137 cm³/mol. The van der Waals surface area contributed by atoms with Crippen molar-refractivity contribution in [2.24, 2.45) is 39.4 Å². The van der Waals surface area contributed by atoms with Gasteiger partial charge in [0.05, 0.1) is 12.7 Å². The summed E-state index contributed by atoms with van der Waals surface area (Å²) >= 11 is 0. The van der Waals surface area contributed by atoms with Crippen molar-refractivity contribution < 1.29 is 29.7 Å². The van der Waals surface area contributed by atoms with Gasteiger partial charge in [-0.3, -0.25) is 14.4 Å². The maximum Gasteiger partial charge on any atom is 0.160 e. The number of allylic oxidation sites excluding steroid dienone is 2. The van der Waals surface area contributed by atoms with E-state index in [1.807, 2.05) is 13.8 Å². The van der Waals surface area contributed by atoms with E-state index in [0.717, 1.165) is 24.0 Å². The summed E-state index contributed by atoms with van der Waals surface area (Å²) in [7, 11) is 0. The number of carbonyl (C=O) groups is 3. The maximum absolute atomic E-state index is 14.0. The molecule has 8 atom stereocenters. The molecule has 2 saturated carbocycles. The molecule has 2 fully saturated rings. The van der Waals surface area contributed by atoms with Gasteiger partial charge < -0.3 is 15.3 Å². The Morgan fingerprint density at radius 1 is 1.00 bits per heavy atom. The van der Waals surface area contributed by atoms with Gasteiger partial charge in [0.2, 0.25) is 0 Å². The molecule has 4 aliphatic rings. The molecule has 0 radical (unpaired) electrons. The first kappa shape index (κ1) is 27.7. The lowest BCUT2D eigenvalue weighted by molar-refractivity contribution is -0.146. The molecule has 0 saturated heterocycles. The fourth-order valence-corrected chi connectivity index (χ4v) is 8.96. The number of hydrogen-bond donors (Lipinski definition) is 3. The average molecular weight is 503 g/mol. The Hall–Kier alpha value is -1.37. The van der Waals surface area contributed by atoms with Crippen molar-refractivity contribution in [3.8, 4) is 0 Å². The van der Waals surface area contributed by atoms with Gasteiger partial charge in [0.15, 0.2) is 11.6 Å². The molecule has 6 heteroatoms. The third-order valence-corrected chi connectivity index (χ3v) is 11.7. The standard InChI is InChI=1S/C30H46O6/c1-17(8-9-23(35)30(7,36)16-31)18-10-13-28(5)25-19(32)14-21-26(2,3)22(34)11-12-27(21,4)24(25)20(33)15-29(18,28)6/h17-18,21,23,31,35-36H,8-16H2,1-7H3/t17-,18-,21+,23-,27+,28+,29-,30-/m1/s1. The monoisotopic (exact) mass is 502 g/mol. The molecule has 6 nitrogen and oxygen atoms in total. The topological polar surface area (TPSA) is 112 Å². The summed E-state index contributed by atoms with van der Waals surface area (Å²) in [5, 5.41) is 30.0. The van der Waals surface area contributed by atoms with Crippen LogP contribution in [0.4, 0.5) is 0 Å². The number of aliphatic hydroxyl groups is 3. The number of Topliss-reactive ketones (excluding diaryl/α,β-unsaturated/α-hetero) is 3. The highest BCUT2D eigenvalue weighted by molar-refractivity contribution is 6.12. The van der Waals surface area contributed by atoms with Crippen LogP contribution < -0.4 is 0 Å². The van der Waals surface area contributed by atoms with E-state index in [0.29, 0.717) is 38.5 Å². The first-order valence-electron chi connectivity index (χ1n) is 13.8. The zero-order chi connectivity index (χ0) is 27.1. The molecule has 0 unspecified atom stereocenters. The number of fused-ring (bicyclic) bond motifs is 4. The average Bonchev–Trinajstić information content (AvgIpc) is 3.06. The molecule has 3 N–H and O–H groups in total. The normalized spacial score (nSPS) is 41.3. The van der Waals surface area contributed by atoms with Crippen LogP contribution in [0.15, 0.2) is 11.1 Å². The van der Waals surface area contributed by atoms with E-state index in [1.54, 1.807) is 0 Å². The van der Waals surface area contributed by atoms with Crippen LogP contribution in [-0.4, -0.2) is 51.0 Å². The number of hydrogen-bond acceptors (Lipinski definition) is 6. The Morgan fingerprint density at radius 2 is 1.64 bits per heavy atom. The van der Waals surface area contributed by atoms with Gasteiger partial charge in [0, 0.05) is 46.7 Å². The Balaban J connectivity index is 1.69. The number of rotatable bonds is 6. The van der Waals surface area contributed by atoms with Gasteiger partial charge in [-0.1, -0.05) is 41.5 Å². The summed E-state index contributed by atoms with van der Waals surface area (Å²) in [6.07, 6.45) is 3.56. The van der Waals surface area contributed by atoms with E-state index in [-0.39, 0.29) is 40.5 Å². The summed E-state index contributed by atoms with van der Waals surface area (Å²) in [6.45, 7) is 13.5. The highest BCUT2D eigenvalue weighted by Crippen LogP contribution is 2.70. The molecule has 0 spiro atoms. The molecule has 0 aromatic carbocycles. The van der Waals surface area contributed by atoms with Crippen LogP contribution in [0.25, 0.3) is 0 Å². The largest absolute Gasteiger partial charge is 0.393 e. The quantitative estimate of drug-likeness (QED) is 0.502. The van der Waals surface area contributed by atoms with Gasteiger partial charge >= 0.3 is 0 Å². The van der Waals surface area contributed by atoms with Crippen molar-refractivity contribution in [1.29, 1.82) is 0 Å². The molecule has 0 aromatic heterocycles. The van der Waals surface area contributed by atoms with Crippen LogP contribution in [0.5, 0.6) is 0 Å². The summed E-state index contributed by atoms with van der Waals surface area (Å²) in [5.74, 6) is 0.570. The van der Waals surface area contributed by atoms with Crippen LogP contribution in [0.1, 0.15) is 99.8 Å². The van der Waals surface area contributed by atoms with Gasteiger partial charge in [-0.15, -0.1) is 0 Å². The molecule has 202 valence electrons. The second kappa shape index (κ2) is 8.57. The van der Waals surface area contributed by atoms with Crippen molar-refractivity contribution in [3.63, 3.8) is 0 Å². The van der Waals surface area contributed by atoms with Gasteiger partial charge in [0.25, 0.3) is 0 Å². The van der Waals surface area contributed by atoms with Gasteiger partial charge in [0.1, 0.15) is 11.4 Å². The Bertz CT molecular complexity index is 1010. The fraction of sp³-hybridized carbons (Fsp3) is 0.833. The van der Waals surface area contributed by atoms with Crippen molar-refractivity contribution in [2.75, 3.05) is 6.61 Å². The number of aliphatic hydroxyl groups excluding tert-OH is 2. The van der Waals surface area contributed by atoms with Crippen molar-refractivity contribution >= 4 is 17.3 Å². The van der Waals surface area contributed by atoms with E-state index in [9.17, 15) is 29.7 Å². The van der Waals surface area contributed by atoms with Crippen LogP contribution in [0.2, 0.25) is 0 Å². The summed E-state index contributed by atoms with van der Waals surface area (Å²) in [6, 6.07) is 0. The lowest BCUT2D eigenvalue weighted by Crippen LogP contribution is -2.58. The highest BCUT2D eigenvalue weighted by atomic mass is 16.4. The van der Waals surface area contributed by atoms with Crippen molar-refractivity contribution in [1.82, 2.24) is 0 Å². The van der Waals surface area contributed by atoms with E-state index < -0.39 is 34.6 Å². The maximum atomic E-state index is 14.0. The number of ketones is 3. The Kier molecular flexibility index (Phi) is 6.59. The van der Waals surface area contributed by atoms with Crippen LogP contribution in [0, 0.1) is 39.4 Å². The zero-order valence-electron chi connectivity index (χ0n) is 23.2. The molecule has 0 aromatic rings. The molecule has 36 heavy (non-hydrogen) atoms. The lowest BCUT2D eigenvalue weighted by atomic mass is 9.43. The summed E-state index contributed by atoms with van der Waals surface area (Å²) in [5.41, 5.74) is -1.90. The van der Waals surface area contributed by atoms with E-state index in [1.165, 1.54) is 6.92 Å². The second-order valence-corrected chi connectivity index (χ2v) is 14.1. The third-order valence-electron chi connectivity index (χ3n) is 11.7. The first-order valence-corrected chi connectivity index (χ1v) is 13.8. The minimum atomic E-state index is -1.54. The molecule has 4 aliphatic carbocycles. The molecule has 0 bridgehead atoms. The van der Waals surface area contributed by atoms with Gasteiger partial charge in [-0.05, 0) is 62.2 Å². The second-order valence-electron chi connectivity index (χ2n) is 14.1. The minimum absolute atomic E-state index is 0.0553. The van der Waals surface area contributed by atoms with Gasteiger partial charge in [-0.2, -0.15) is 0 Å². The molecule has 0 amide bonds. The fourth-order valence-electron chi connectivity index (χ4n) is 8.96. The van der Waals surface area contributed by atoms with Gasteiger partial charge in [-0.25, -0.2) is 0 Å². The number of carbonyl (C=O) groups excluding carboxylic acids is 3. The smallest absolute Gasteiger partial charge is 0.160 e. The first-order chi connectivity index (χ1) is 16.5. The van der Waals surface area contributed by atoms with Crippen LogP contribution >= 0.6 is 0 Å². The highest BCUT2D eigenvalue weighted by Gasteiger charge is 2.67. The SMILES string of the molecule is C[C@H](CC[C@@H](O)[C@](C)(O)CO)[C@H]1CC[C@@]2(C)C3=C(C(=O)C[C@]12C)[C@@]1(C)CCC(=O)C(C)(C)[C@@H]1CC3=O. The zero-order valence-corrected chi connectivity index (χ0v) is 23.2. The van der Waals surface area contributed by atoms with Crippen LogP contribution in [-0.2, 0) is 14.4 Å². The Labute approximate surface area is 215 Å². The minimum Gasteiger partial charge on any atom is -0.393 e. The third kappa shape index (κ3) is 3.65. The van der Waals surface area contributed by atoms with Crippen molar-refractivity contribution in [2.45, 2.75) is 112 Å². The molecule has 4 rings (SSSR count). The van der Waals surface area contributed by atoms with Crippen LogP contribution in [0.3, 0.4) is 0 Å². The molecular formula is C30H46O6. The Morgan fingerprint density at radius 3 is 2.25 bits per heavy atom. The van der Waals surface area contributed by atoms with E-state index >= 15 is 0 Å². The molecule has 0 aliphatic heterocycles.